The number of nitrogens with two attached hydrogens (primary N) is 1. The minimum atomic E-state index is 0.161. The molecule has 0 aliphatic heterocycles. The van der Waals surface area contributed by atoms with E-state index in [1.807, 2.05) is 12.4 Å². The van der Waals surface area contributed by atoms with Gasteiger partial charge in [-0.1, -0.05) is 30.7 Å². The van der Waals surface area contributed by atoms with Crippen LogP contribution in [-0.4, -0.2) is 4.98 Å². The normalized spacial score (nSPS) is 30.9. The standard InChI is InChI=1S/C17H20N2/c18-17(15-8-11-5-6-12(15)7-11)16-10-19-9-13-3-1-2-4-14(13)16/h1-4,9-12,15,17H,5-8,18H2. The lowest BCUT2D eigenvalue weighted by Gasteiger charge is -2.28. The average Bonchev–Trinajstić information content (AvgIpc) is 3.08. The van der Waals surface area contributed by atoms with Gasteiger partial charge in [-0.15, -0.1) is 0 Å². The molecule has 98 valence electrons. The molecule has 4 rings (SSSR count). The van der Waals surface area contributed by atoms with Gasteiger partial charge in [0.05, 0.1) is 0 Å². The second kappa shape index (κ2) is 4.31. The van der Waals surface area contributed by atoms with Crippen LogP contribution in [0.2, 0.25) is 0 Å². The minimum absolute atomic E-state index is 0.161. The molecule has 4 unspecified atom stereocenters. The molecule has 2 heteroatoms. The fraction of sp³-hybridized carbons (Fsp3) is 0.471. The monoisotopic (exact) mass is 252 g/mol. The molecule has 0 amide bonds. The van der Waals surface area contributed by atoms with Gasteiger partial charge in [-0.2, -0.15) is 0 Å². The highest BCUT2D eigenvalue weighted by Crippen LogP contribution is 2.52. The van der Waals surface area contributed by atoms with Crippen molar-refractivity contribution in [2.75, 3.05) is 0 Å². The Morgan fingerprint density at radius 1 is 1.11 bits per heavy atom. The number of nitrogens with zero attached hydrogens (tertiary/aromatic N) is 1. The molecular formula is C17H20N2. The maximum Gasteiger partial charge on any atom is 0.0347 e. The van der Waals surface area contributed by atoms with Gasteiger partial charge in [-0.05, 0) is 48.0 Å². The van der Waals surface area contributed by atoms with Crippen molar-refractivity contribution in [1.29, 1.82) is 0 Å². The second-order valence-electron chi connectivity index (χ2n) is 6.31. The van der Waals surface area contributed by atoms with Crippen LogP contribution in [0.3, 0.4) is 0 Å². The predicted octanol–water partition coefficient (Wildman–Crippen LogP) is 3.67. The number of pyridine rings is 1. The molecule has 0 radical (unpaired) electrons. The van der Waals surface area contributed by atoms with Crippen molar-refractivity contribution in [3.8, 4) is 0 Å². The molecule has 2 fully saturated rings. The van der Waals surface area contributed by atoms with Gasteiger partial charge in [0.1, 0.15) is 0 Å². The van der Waals surface area contributed by atoms with Gasteiger partial charge in [-0.25, -0.2) is 0 Å². The van der Waals surface area contributed by atoms with Gasteiger partial charge in [0, 0.05) is 23.8 Å². The topological polar surface area (TPSA) is 38.9 Å². The molecular weight excluding hydrogens is 232 g/mol. The summed E-state index contributed by atoms with van der Waals surface area (Å²) < 4.78 is 0. The van der Waals surface area contributed by atoms with Crippen LogP contribution in [0.1, 0.15) is 37.3 Å². The Bertz CT molecular complexity index is 602. The Balaban J connectivity index is 1.74. The maximum atomic E-state index is 6.61. The Hall–Kier alpha value is -1.41. The zero-order valence-corrected chi connectivity index (χ0v) is 11.1. The van der Waals surface area contributed by atoms with Crippen LogP contribution in [0.4, 0.5) is 0 Å². The van der Waals surface area contributed by atoms with Crippen molar-refractivity contribution >= 4 is 10.8 Å². The van der Waals surface area contributed by atoms with Crippen LogP contribution >= 0.6 is 0 Å². The third-order valence-electron chi connectivity index (χ3n) is 5.31. The Kier molecular flexibility index (Phi) is 2.59. The lowest BCUT2D eigenvalue weighted by molar-refractivity contribution is 0.285. The highest BCUT2D eigenvalue weighted by atomic mass is 14.7. The number of hydrogen-bond acceptors (Lipinski definition) is 2. The summed E-state index contributed by atoms with van der Waals surface area (Å²) in [4.78, 5) is 4.39. The molecule has 2 N–H and O–H groups in total. The van der Waals surface area contributed by atoms with Gasteiger partial charge in [0.15, 0.2) is 0 Å². The Labute approximate surface area is 114 Å². The molecule has 2 aliphatic carbocycles. The largest absolute Gasteiger partial charge is 0.324 e. The zero-order chi connectivity index (χ0) is 12.8. The molecule has 2 nitrogen and oxygen atoms in total. The first-order valence-corrected chi connectivity index (χ1v) is 7.41. The summed E-state index contributed by atoms with van der Waals surface area (Å²) in [7, 11) is 0. The maximum absolute atomic E-state index is 6.61. The Morgan fingerprint density at radius 3 is 2.79 bits per heavy atom. The van der Waals surface area contributed by atoms with E-state index in [2.05, 4.69) is 29.2 Å². The molecule has 0 saturated heterocycles. The van der Waals surface area contributed by atoms with Crippen molar-refractivity contribution in [3.63, 3.8) is 0 Å². The summed E-state index contributed by atoms with van der Waals surface area (Å²) >= 11 is 0. The van der Waals surface area contributed by atoms with E-state index in [9.17, 15) is 0 Å². The summed E-state index contributed by atoms with van der Waals surface area (Å²) in [6, 6.07) is 8.63. The molecule has 0 spiro atoms. The van der Waals surface area contributed by atoms with Crippen LogP contribution in [-0.2, 0) is 0 Å². The van der Waals surface area contributed by atoms with Gasteiger partial charge in [-0.3, -0.25) is 4.98 Å². The third-order valence-corrected chi connectivity index (χ3v) is 5.31. The molecule has 2 bridgehead atoms. The van der Waals surface area contributed by atoms with Crippen LogP contribution in [0.5, 0.6) is 0 Å². The zero-order valence-electron chi connectivity index (χ0n) is 11.1. The molecule has 2 aliphatic rings. The number of hydrogen-bond donors (Lipinski definition) is 1. The van der Waals surface area contributed by atoms with Gasteiger partial charge >= 0.3 is 0 Å². The van der Waals surface area contributed by atoms with Gasteiger partial charge in [0.2, 0.25) is 0 Å². The molecule has 1 aromatic carbocycles. The van der Waals surface area contributed by atoms with E-state index in [1.165, 1.54) is 42.0 Å². The molecule has 1 heterocycles. The fourth-order valence-electron chi connectivity index (χ4n) is 4.37. The summed E-state index contributed by atoms with van der Waals surface area (Å²) in [5, 5.41) is 2.49. The quantitative estimate of drug-likeness (QED) is 0.885. The van der Waals surface area contributed by atoms with Crippen LogP contribution in [0, 0.1) is 17.8 Å². The van der Waals surface area contributed by atoms with Gasteiger partial charge < -0.3 is 5.73 Å². The Morgan fingerprint density at radius 2 is 2.00 bits per heavy atom. The third kappa shape index (κ3) is 1.78. The predicted molar refractivity (Wildman–Crippen MR) is 77.6 cm³/mol. The highest BCUT2D eigenvalue weighted by molar-refractivity contribution is 5.85. The fourth-order valence-corrected chi connectivity index (χ4v) is 4.37. The van der Waals surface area contributed by atoms with E-state index in [-0.39, 0.29) is 6.04 Å². The van der Waals surface area contributed by atoms with E-state index >= 15 is 0 Å². The van der Waals surface area contributed by atoms with E-state index in [0.717, 1.165) is 11.8 Å². The molecule has 2 aromatic rings. The lowest BCUT2D eigenvalue weighted by atomic mass is 9.80. The highest BCUT2D eigenvalue weighted by Gasteiger charge is 2.42. The van der Waals surface area contributed by atoms with Crippen LogP contribution < -0.4 is 5.73 Å². The molecule has 1 aromatic heterocycles. The summed E-state index contributed by atoms with van der Waals surface area (Å²) in [6.07, 6.45) is 9.49. The van der Waals surface area contributed by atoms with Gasteiger partial charge in [0.25, 0.3) is 0 Å². The van der Waals surface area contributed by atoms with E-state index < -0.39 is 0 Å². The first-order chi connectivity index (χ1) is 9.33. The molecule has 19 heavy (non-hydrogen) atoms. The SMILES string of the molecule is NC(c1cncc2ccccc12)C1CC2CCC1C2. The smallest absolute Gasteiger partial charge is 0.0347 e. The van der Waals surface area contributed by atoms with Crippen LogP contribution in [0.25, 0.3) is 10.8 Å². The van der Waals surface area contributed by atoms with Crippen molar-refractivity contribution < 1.29 is 0 Å². The average molecular weight is 252 g/mol. The first-order valence-electron chi connectivity index (χ1n) is 7.41. The van der Waals surface area contributed by atoms with E-state index in [0.29, 0.717) is 5.92 Å². The number of rotatable bonds is 2. The number of benzene rings is 1. The summed E-state index contributed by atoms with van der Waals surface area (Å²) in [5.74, 6) is 2.48. The lowest BCUT2D eigenvalue weighted by Crippen LogP contribution is -2.26. The van der Waals surface area contributed by atoms with Crippen molar-refractivity contribution in [3.05, 3.63) is 42.2 Å². The molecule has 2 saturated carbocycles. The minimum Gasteiger partial charge on any atom is -0.324 e. The van der Waals surface area contributed by atoms with Crippen molar-refractivity contribution in [2.24, 2.45) is 23.5 Å². The van der Waals surface area contributed by atoms with E-state index in [4.69, 9.17) is 5.73 Å². The summed E-state index contributed by atoms with van der Waals surface area (Å²) in [5.41, 5.74) is 7.86. The molecule has 4 atom stereocenters. The first kappa shape index (κ1) is 11.4. The summed E-state index contributed by atoms with van der Waals surface area (Å²) in [6.45, 7) is 0. The van der Waals surface area contributed by atoms with E-state index in [1.54, 1.807) is 0 Å². The van der Waals surface area contributed by atoms with Crippen molar-refractivity contribution in [2.45, 2.75) is 31.7 Å². The number of aromatic nitrogens is 1. The second-order valence-corrected chi connectivity index (χ2v) is 6.31. The van der Waals surface area contributed by atoms with Crippen molar-refractivity contribution in [1.82, 2.24) is 4.98 Å². The number of fused-ring (bicyclic) bond motifs is 3. The van der Waals surface area contributed by atoms with Crippen LogP contribution in [0.15, 0.2) is 36.7 Å².